The number of aliphatic hydroxyl groups is 1. The van der Waals surface area contributed by atoms with Crippen molar-refractivity contribution in [1.29, 1.82) is 0 Å². The van der Waals surface area contributed by atoms with Crippen LogP contribution in [0.25, 0.3) is 0 Å². The molecule has 8 nitrogen and oxygen atoms in total. The van der Waals surface area contributed by atoms with Crippen molar-refractivity contribution in [3.05, 3.63) is 29.3 Å². The second kappa shape index (κ2) is 8.40. The first kappa shape index (κ1) is 23.7. The van der Waals surface area contributed by atoms with Crippen LogP contribution in [0.1, 0.15) is 50.7 Å². The van der Waals surface area contributed by atoms with Gasteiger partial charge in [0.25, 0.3) is 0 Å². The lowest BCUT2D eigenvalue weighted by molar-refractivity contribution is -0.149. The third kappa shape index (κ3) is 3.29. The van der Waals surface area contributed by atoms with E-state index in [0.717, 1.165) is 11.1 Å². The maximum atomic E-state index is 13.9. The number of aliphatic hydroxyl groups excluding tert-OH is 1. The second-order valence-corrected chi connectivity index (χ2v) is 9.75. The molecular formula is C25H35N3O5. The number of carbonyl (C=O) groups excluding carboxylic acids is 3. The minimum Gasteiger partial charge on any atom is -0.394 e. The van der Waals surface area contributed by atoms with Crippen LogP contribution in [0.5, 0.6) is 0 Å². The number of rotatable bonds is 7. The third-order valence-electron chi connectivity index (χ3n) is 8.12. The summed E-state index contributed by atoms with van der Waals surface area (Å²) >= 11 is 0. The Kier molecular flexibility index (Phi) is 6.03. The number of carbonyl (C=O) groups is 3. The van der Waals surface area contributed by atoms with Crippen LogP contribution in [0, 0.1) is 25.7 Å². The molecule has 3 heterocycles. The van der Waals surface area contributed by atoms with Crippen LogP contribution in [-0.2, 0) is 19.1 Å². The molecular weight excluding hydrogens is 422 g/mol. The smallest absolute Gasteiger partial charge is 0.250 e. The van der Waals surface area contributed by atoms with Crippen molar-refractivity contribution in [2.45, 2.75) is 76.7 Å². The molecule has 0 saturated carbocycles. The van der Waals surface area contributed by atoms with Crippen molar-refractivity contribution in [3.8, 4) is 0 Å². The zero-order chi connectivity index (χ0) is 24.1. The molecule has 33 heavy (non-hydrogen) atoms. The summed E-state index contributed by atoms with van der Waals surface area (Å²) in [4.78, 5) is 42.3. The van der Waals surface area contributed by atoms with E-state index in [1.165, 1.54) is 4.90 Å². The molecule has 0 aromatic heterocycles. The maximum Gasteiger partial charge on any atom is 0.250 e. The fourth-order valence-corrected chi connectivity index (χ4v) is 6.39. The number of ether oxygens (including phenoxy) is 1. The van der Waals surface area contributed by atoms with E-state index in [1.807, 2.05) is 45.9 Å². The van der Waals surface area contributed by atoms with Crippen LogP contribution in [0.2, 0.25) is 0 Å². The highest BCUT2D eigenvalue weighted by Gasteiger charge is 2.79. The van der Waals surface area contributed by atoms with Gasteiger partial charge in [-0.25, -0.2) is 0 Å². The van der Waals surface area contributed by atoms with E-state index in [1.54, 1.807) is 7.05 Å². The Hall–Kier alpha value is -2.45. The van der Waals surface area contributed by atoms with Crippen molar-refractivity contribution < 1.29 is 24.2 Å². The molecule has 4 rings (SSSR count). The first-order valence-corrected chi connectivity index (χ1v) is 11.9. The van der Waals surface area contributed by atoms with Crippen molar-refractivity contribution in [1.82, 2.24) is 10.2 Å². The number of hydrogen-bond donors (Lipinski definition) is 3. The Morgan fingerprint density at radius 1 is 1.24 bits per heavy atom. The molecule has 2 unspecified atom stereocenters. The summed E-state index contributed by atoms with van der Waals surface area (Å²) < 4.78 is 6.66. The number of fused-ring (bicyclic) bond motifs is 1. The van der Waals surface area contributed by atoms with E-state index in [-0.39, 0.29) is 24.3 Å². The quantitative estimate of drug-likeness (QED) is 0.580. The number of benzene rings is 1. The minimum absolute atomic E-state index is 0.232. The van der Waals surface area contributed by atoms with Gasteiger partial charge in [-0.1, -0.05) is 26.0 Å². The molecule has 2 bridgehead atoms. The number of aryl methyl sites for hydroxylation is 2. The number of anilines is 1. The van der Waals surface area contributed by atoms with Gasteiger partial charge in [0.05, 0.1) is 30.1 Å². The van der Waals surface area contributed by atoms with Gasteiger partial charge in [-0.3, -0.25) is 14.4 Å². The summed E-state index contributed by atoms with van der Waals surface area (Å²) in [6.45, 7) is 7.45. The summed E-state index contributed by atoms with van der Waals surface area (Å²) in [6.07, 6.45) is 2.21. The fraction of sp³-hybridized carbons (Fsp3) is 0.640. The minimum atomic E-state index is -1.09. The van der Waals surface area contributed by atoms with Crippen molar-refractivity contribution in [3.63, 3.8) is 0 Å². The van der Waals surface area contributed by atoms with Crippen LogP contribution in [0.3, 0.4) is 0 Å². The Morgan fingerprint density at radius 3 is 2.58 bits per heavy atom. The zero-order valence-corrected chi connectivity index (χ0v) is 20.1. The number of nitrogens with zero attached hydrogens (tertiary/aromatic N) is 1. The third-order valence-corrected chi connectivity index (χ3v) is 8.12. The lowest BCUT2D eigenvalue weighted by Gasteiger charge is -2.37. The number of amides is 3. The van der Waals surface area contributed by atoms with Crippen molar-refractivity contribution in [2.24, 2.45) is 11.8 Å². The van der Waals surface area contributed by atoms with Gasteiger partial charge >= 0.3 is 0 Å². The van der Waals surface area contributed by atoms with Crippen LogP contribution in [0.4, 0.5) is 5.69 Å². The molecule has 0 aliphatic carbocycles. The Balaban J connectivity index is 1.81. The summed E-state index contributed by atoms with van der Waals surface area (Å²) in [6, 6.07) is 4.37. The summed E-state index contributed by atoms with van der Waals surface area (Å²) in [5.74, 6) is -2.26. The van der Waals surface area contributed by atoms with Crippen LogP contribution < -0.4 is 10.6 Å². The molecule has 3 aliphatic rings. The summed E-state index contributed by atoms with van der Waals surface area (Å²) in [5.41, 5.74) is 0.763. The van der Waals surface area contributed by atoms with Crippen LogP contribution >= 0.6 is 0 Å². The molecule has 1 aromatic rings. The molecule has 6 atom stereocenters. The predicted molar refractivity (Wildman–Crippen MR) is 123 cm³/mol. The maximum absolute atomic E-state index is 13.9. The normalized spacial score (nSPS) is 33.2. The Labute approximate surface area is 195 Å². The number of hydrogen-bond acceptors (Lipinski definition) is 5. The van der Waals surface area contributed by atoms with Crippen molar-refractivity contribution >= 4 is 23.4 Å². The molecule has 3 aliphatic heterocycles. The van der Waals surface area contributed by atoms with Crippen molar-refractivity contribution in [2.75, 3.05) is 19.0 Å². The van der Waals surface area contributed by atoms with E-state index >= 15 is 0 Å². The Bertz CT molecular complexity index is 977. The van der Waals surface area contributed by atoms with Gasteiger partial charge in [0.1, 0.15) is 11.6 Å². The SMILES string of the molecule is CC[C@@H](CO)N1C(=O)[C@@H]2[C@H](C(=O)NC)[C@]3(CC)CCC2(O3)C1C(=O)Nc1cc(C)ccc1C. The molecule has 180 valence electrons. The van der Waals surface area contributed by atoms with Crippen LogP contribution in [0.15, 0.2) is 18.2 Å². The lowest BCUT2D eigenvalue weighted by Crippen LogP contribution is -2.56. The van der Waals surface area contributed by atoms with Gasteiger partial charge in [-0.15, -0.1) is 0 Å². The average Bonchev–Trinajstić information content (AvgIpc) is 3.41. The molecule has 0 radical (unpaired) electrons. The molecule has 3 amide bonds. The number of nitrogens with one attached hydrogen (secondary N) is 2. The molecule has 3 saturated heterocycles. The zero-order valence-electron chi connectivity index (χ0n) is 20.1. The van der Waals surface area contributed by atoms with E-state index < -0.39 is 35.1 Å². The Morgan fingerprint density at radius 2 is 1.97 bits per heavy atom. The first-order chi connectivity index (χ1) is 15.7. The molecule has 3 fully saturated rings. The molecule has 1 aromatic carbocycles. The molecule has 1 spiro atoms. The second-order valence-electron chi connectivity index (χ2n) is 9.75. The average molecular weight is 458 g/mol. The standard InChI is InChI=1S/C25H35N3O5/c1-6-16(13-29)28-20(22(31)27-17-12-14(3)8-9-15(17)4)25-11-10-24(7-2,33-25)18(21(30)26-5)19(25)23(28)32/h8-9,12,16,18-20,29H,6-7,10-11,13H2,1-5H3,(H,26,30)(H,27,31)/t16-,18+,19-,20?,24-,25?/m0/s1. The summed E-state index contributed by atoms with van der Waals surface area (Å²) in [7, 11) is 1.56. The van der Waals surface area contributed by atoms with Crippen LogP contribution in [-0.4, -0.2) is 64.7 Å². The predicted octanol–water partition coefficient (Wildman–Crippen LogP) is 1.91. The monoisotopic (exact) mass is 457 g/mol. The fourth-order valence-electron chi connectivity index (χ4n) is 6.39. The number of likely N-dealkylation sites (tertiary alicyclic amines) is 1. The van der Waals surface area contributed by atoms with Gasteiger partial charge in [0.2, 0.25) is 17.7 Å². The van der Waals surface area contributed by atoms with Gasteiger partial charge in [0.15, 0.2) is 0 Å². The van der Waals surface area contributed by atoms with Gasteiger partial charge < -0.3 is 25.4 Å². The van der Waals surface area contributed by atoms with E-state index in [9.17, 15) is 19.5 Å². The van der Waals surface area contributed by atoms with E-state index in [0.29, 0.717) is 31.4 Å². The topological polar surface area (TPSA) is 108 Å². The van der Waals surface area contributed by atoms with Gasteiger partial charge in [-0.05, 0) is 56.7 Å². The highest BCUT2D eigenvalue weighted by molar-refractivity contribution is 6.04. The van der Waals surface area contributed by atoms with Gasteiger partial charge in [-0.2, -0.15) is 0 Å². The highest BCUT2D eigenvalue weighted by Crippen LogP contribution is 2.64. The van der Waals surface area contributed by atoms with Gasteiger partial charge in [0, 0.05) is 12.7 Å². The largest absolute Gasteiger partial charge is 0.394 e. The first-order valence-electron chi connectivity index (χ1n) is 11.9. The molecule has 3 N–H and O–H groups in total. The molecule has 8 heteroatoms. The summed E-state index contributed by atoms with van der Waals surface area (Å²) in [5, 5.41) is 15.8. The van der Waals surface area contributed by atoms with E-state index in [2.05, 4.69) is 10.6 Å². The van der Waals surface area contributed by atoms with E-state index in [4.69, 9.17) is 4.74 Å². The highest BCUT2D eigenvalue weighted by atomic mass is 16.5. The lowest BCUT2D eigenvalue weighted by atomic mass is 9.65.